The van der Waals surface area contributed by atoms with Crippen LogP contribution in [0.1, 0.15) is 24.2 Å². The molecule has 4 heterocycles. The van der Waals surface area contributed by atoms with Gasteiger partial charge in [0.15, 0.2) is 5.65 Å². The van der Waals surface area contributed by atoms with Gasteiger partial charge in [0.05, 0.1) is 18.5 Å². The largest absolute Gasteiger partial charge is 0.275 e. The van der Waals surface area contributed by atoms with Gasteiger partial charge in [0, 0.05) is 24.6 Å². The van der Waals surface area contributed by atoms with Gasteiger partial charge in [-0.25, -0.2) is 19.0 Å². The van der Waals surface area contributed by atoms with E-state index in [1.807, 2.05) is 6.07 Å². The molecule has 10 heteroatoms. The summed E-state index contributed by atoms with van der Waals surface area (Å²) in [6, 6.07) is 10.1. The summed E-state index contributed by atoms with van der Waals surface area (Å²) in [6.45, 7) is 0.241. The molecule has 2 amide bonds. The lowest BCUT2D eigenvalue weighted by molar-refractivity contribution is -0.139. The number of benzene rings is 1. The van der Waals surface area contributed by atoms with Crippen molar-refractivity contribution < 1.29 is 14.0 Å². The molecular weight excluding hydrogens is 389 g/mol. The lowest BCUT2D eigenvalue weighted by Gasteiger charge is -2.10. The fourth-order valence-corrected chi connectivity index (χ4v) is 3.49. The Labute approximate surface area is 169 Å². The lowest BCUT2D eigenvalue weighted by atomic mass is 10.2. The third-order valence-corrected chi connectivity index (χ3v) is 4.99. The van der Waals surface area contributed by atoms with Crippen LogP contribution in [0.15, 0.2) is 42.6 Å². The Balaban J connectivity index is 1.49. The number of nitrogens with one attached hydrogen (secondary N) is 1. The Kier molecular flexibility index (Phi) is 4.31. The van der Waals surface area contributed by atoms with E-state index in [1.54, 1.807) is 35.1 Å². The number of aromatic nitrogens is 6. The zero-order chi connectivity index (χ0) is 20.7. The summed E-state index contributed by atoms with van der Waals surface area (Å²) < 4.78 is 15.7. The van der Waals surface area contributed by atoms with Crippen LogP contribution in [0.25, 0.3) is 22.6 Å². The minimum atomic E-state index is -0.321. The summed E-state index contributed by atoms with van der Waals surface area (Å²) in [7, 11) is 0. The third kappa shape index (κ3) is 3.11. The van der Waals surface area contributed by atoms with Crippen LogP contribution in [0.4, 0.5) is 4.39 Å². The minimum Gasteiger partial charge on any atom is -0.275 e. The van der Waals surface area contributed by atoms with Gasteiger partial charge in [-0.3, -0.25) is 19.6 Å². The quantitative estimate of drug-likeness (QED) is 0.509. The number of hydrogen-bond donors (Lipinski definition) is 1. The summed E-state index contributed by atoms with van der Waals surface area (Å²) in [5.41, 5.74) is 1.55. The zero-order valence-electron chi connectivity index (χ0n) is 15.7. The summed E-state index contributed by atoms with van der Waals surface area (Å²) in [5, 5.41) is 12.3. The van der Waals surface area contributed by atoms with Crippen LogP contribution in [0.2, 0.25) is 0 Å². The first-order valence-corrected chi connectivity index (χ1v) is 9.40. The normalized spacial score (nSPS) is 14.2. The van der Waals surface area contributed by atoms with E-state index in [2.05, 4.69) is 25.3 Å². The predicted molar refractivity (Wildman–Crippen MR) is 103 cm³/mol. The third-order valence-electron chi connectivity index (χ3n) is 4.99. The predicted octanol–water partition coefficient (Wildman–Crippen LogP) is 2.05. The molecule has 0 radical (unpaired) electrons. The van der Waals surface area contributed by atoms with Gasteiger partial charge in [-0.05, 0) is 18.2 Å². The zero-order valence-corrected chi connectivity index (χ0v) is 15.7. The summed E-state index contributed by atoms with van der Waals surface area (Å²) in [4.78, 5) is 33.6. The van der Waals surface area contributed by atoms with E-state index in [1.165, 1.54) is 11.0 Å². The van der Waals surface area contributed by atoms with Crippen LogP contribution in [-0.4, -0.2) is 46.7 Å². The molecule has 4 aromatic rings. The molecule has 30 heavy (non-hydrogen) atoms. The maximum atomic E-state index is 14.1. The molecule has 0 atom stereocenters. The Bertz CT molecular complexity index is 1260. The fraction of sp³-hybridized carbons (Fsp3) is 0.200. The molecule has 0 saturated carbocycles. The first-order valence-electron chi connectivity index (χ1n) is 9.40. The van der Waals surface area contributed by atoms with Gasteiger partial charge in [-0.2, -0.15) is 10.2 Å². The number of H-pyrrole nitrogens is 1. The second-order valence-corrected chi connectivity index (χ2v) is 6.95. The van der Waals surface area contributed by atoms with Gasteiger partial charge in [0.25, 0.3) is 0 Å². The number of halogens is 1. The molecule has 1 saturated heterocycles. The number of hydrogen-bond acceptors (Lipinski definition) is 6. The number of carbonyl (C=O) groups is 2. The van der Waals surface area contributed by atoms with Crippen molar-refractivity contribution in [1.29, 1.82) is 0 Å². The molecule has 5 rings (SSSR count). The number of imide groups is 1. The molecule has 1 aliphatic rings. The fourth-order valence-electron chi connectivity index (χ4n) is 3.49. The summed E-state index contributed by atoms with van der Waals surface area (Å²) in [5.74, 6) is -0.0639. The van der Waals surface area contributed by atoms with Gasteiger partial charge >= 0.3 is 0 Å². The van der Waals surface area contributed by atoms with E-state index >= 15 is 0 Å². The standard InChI is InChI=1S/C20H16FN7O2/c21-14-6-2-1-4-12(14)10-28-20-13(5-3-9-22-20)18(26-28)19-23-15(24-25-19)11-27-16(29)7-8-17(27)30/h1-6,9H,7-8,10-11H2,(H,23,24,25). The first kappa shape index (κ1) is 18.1. The van der Waals surface area contributed by atoms with Crippen molar-refractivity contribution in [1.82, 2.24) is 34.8 Å². The van der Waals surface area contributed by atoms with E-state index in [0.717, 1.165) is 0 Å². The second kappa shape index (κ2) is 7.14. The van der Waals surface area contributed by atoms with E-state index in [9.17, 15) is 14.0 Å². The topological polar surface area (TPSA) is 110 Å². The molecule has 9 nitrogen and oxygen atoms in total. The Morgan fingerprint density at radius 3 is 2.63 bits per heavy atom. The average Bonchev–Trinajstić information content (AvgIpc) is 3.44. The SMILES string of the molecule is O=C1CCC(=O)N1Cc1nc(-c2nn(Cc3ccccc3F)c3ncccc23)n[nH]1. The van der Waals surface area contributed by atoms with Crippen molar-refractivity contribution >= 4 is 22.8 Å². The van der Waals surface area contributed by atoms with Crippen molar-refractivity contribution in [3.63, 3.8) is 0 Å². The van der Waals surface area contributed by atoms with E-state index in [4.69, 9.17) is 0 Å². The maximum Gasteiger partial charge on any atom is 0.230 e. The van der Waals surface area contributed by atoms with Gasteiger partial charge in [-0.15, -0.1) is 0 Å². The molecule has 0 aliphatic carbocycles. The highest BCUT2D eigenvalue weighted by Gasteiger charge is 2.30. The van der Waals surface area contributed by atoms with Gasteiger partial charge in [-0.1, -0.05) is 18.2 Å². The van der Waals surface area contributed by atoms with Crippen LogP contribution in [0.5, 0.6) is 0 Å². The van der Waals surface area contributed by atoms with Crippen molar-refractivity contribution in [2.75, 3.05) is 0 Å². The Hall–Kier alpha value is -3.95. The maximum absolute atomic E-state index is 14.1. The number of carbonyl (C=O) groups excluding carboxylic acids is 2. The highest BCUT2D eigenvalue weighted by Crippen LogP contribution is 2.25. The molecule has 0 unspecified atom stereocenters. The van der Waals surface area contributed by atoms with Crippen molar-refractivity contribution in [2.24, 2.45) is 0 Å². The molecule has 150 valence electrons. The van der Waals surface area contributed by atoms with Crippen LogP contribution in [0.3, 0.4) is 0 Å². The highest BCUT2D eigenvalue weighted by atomic mass is 19.1. The Morgan fingerprint density at radius 2 is 1.83 bits per heavy atom. The minimum absolute atomic E-state index is 0.0385. The van der Waals surface area contributed by atoms with Crippen LogP contribution >= 0.6 is 0 Å². The van der Waals surface area contributed by atoms with Gasteiger partial charge < -0.3 is 0 Å². The van der Waals surface area contributed by atoms with E-state index in [-0.39, 0.29) is 43.6 Å². The van der Waals surface area contributed by atoms with Crippen LogP contribution < -0.4 is 0 Å². The molecule has 1 aliphatic heterocycles. The van der Waals surface area contributed by atoms with E-state index in [0.29, 0.717) is 33.9 Å². The first-order chi connectivity index (χ1) is 14.6. The number of pyridine rings is 1. The summed E-state index contributed by atoms with van der Waals surface area (Å²) >= 11 is 0. The van der Waals surface area contributed by atoms with Gasteiger partial charge in [0.2, 0.25) is 17.6 Å². The number of aromatic amines is 1. The molecule has 0 bridgehead atoms. The molecule has 1 N–H and O–H groups in total. The highest BCUT2D eigenvalue weighted by molar-refractivity contribution is 6.01. The second-order valence-electron chi connectivity index (χ2n) is 6.95. The monoisotopic (exact) mass is 405 g/mol. The van der Waals surface area contributed by atoms with Crippen LogP contribution in [-0.2, 0) is 22.7 Å². The number of fused-ring (bicyclic) bond motifs is 1. The van der Waals surface area contributed by atoms with Gasteiger partial charge in [0.1, 0.15) is 17.3 Å². The molecule has 0 spiro atoms. The molecule has 3 aromatic heterocycles. The number of nitrogens with zero attached hydrogens (tertiary/aromatic N) is 6. The van der Waals surface area contributed by atoms with E-state index < -0.39 is 0 Å². The number of likely N-dealkylation sites (tertiary alicyclic amines) is 1. The molecule has 1 aromatic carbocycles. The number of rotatable bonds is 5. The van der Waals surface area contributed by atoms with Crippen LogP contribution in [0, 0.1) is 5.82 Å². The lowest BCUT2D eigenvalue weighted by Crippen LogP contribution is -2.28. The smallest absolute Gasteiger partial charge is 0.230 e. The van der Waals surface area contributed by atoms with Crippen molar-refractivity contribution in [3.05, 3.63) is 59.8 Å². The van der Waals surface area contributed by atoms with Crippen molar-refractivity contribution in [2.45, 2.75) is 25.9 Å². The Morgan fingerprint density at radius 1 is 1.03 bits per heavy atom. The van der Waals surface area contributed by atoms with Crippen molar-refractivity contribution in [3.8, 4) is 11.5 Å². The summed E-state index contributed by atoms with van der Waals surface area (Å²) in [6.07, 6.45) is 2.08. The molecular formula is C20H16FN7O2. The average molecular weight is 405 g/mol. The molecule has 1 fully saturated rings. The number of amides is 2.